The van der Waals surface area contributed by atoms with Gasteiger partial charge in [-0.3, -0.25) is 19.7 Å². The van der Waals surface area contributed by atoms with Crippen molar-refractivity contribution in [1.29, 1.82) is 0 Å². The molecule has 8 heteroatoms. The first-order valence-electron chi connectivity index (χ1n) is 14.9. The fourth-order valence-corrected chi connectivity index (χ4v) is 5.27. The Morgan fingerprint density at radius 3 is 2.12 bits per heavy atom. The van der Waals surface area contributed by atoms with E-state index in [0.717, 1.165) is 12.8 Å². The van der Waals surface area contributed by atoms with Gasteiger partial charge in [0.2, 0.25) is 0 Å². The third kappa shape index (κ3) is 7.84. The number of nitrogens with zero attached hydrogens (tertiary/aromatic N) is 1. The number of amides is 2. The highest BCUT2D eigenvalue weighted by Crippen LogP contribution is 2.33. The van der Waals surface area contributed by atoms with E-state index < -0.39 is 10.8 Å². The number of nitro groups is 1. The number of nitrogens with one attached hydrogen (secondary N) is 2. The zero-order chi connectivity index (χ0) is 29.9. The number of phenolic OH excluding ortho intramolecular Hbond substituents is 1. The molecule has 0 heterocycles. The summed E-state index contributed by atoms with van der Waals surface area (Å²) in [5.74, 6) is -0.946. The number of phenols is 1. The van der Waals surface area contributed by atoms with Crippen LogP contribution in [0.3, 0.4) is 0 Å². The smallest absolute Gasteiger partial charge is 0.277 e. The summed E-state index contributed by atoms with van der Waals surface area (Å²) in [4.78, 5) is 37.0. The van der Waals surface area contributed by atoms with Crippen LogP contribution in [0.1, 0.15) is 91.8 Å². The number of fused-ring (bicyclic) bond motifs is 2. The van der Waals surface area contributed by atoms with Gasteiger partial charge < -0.3 is 15.7 Å². The number of rotatable bonds is 15. The summed E-state index contributed by atoms with van der Waals surface area (Å²) in [6, 6.07) is 17.8. The van der Waals surface area contributed by atoms with Crippen molar-refractivity contribution in [3.63, 3.8) is 0 Å². The Morgan fingerprint density at radius 1 is 0.762 bits per heavy atom. The summed E-state index contributed by atoms with van der Waals surface area (Å²) in [7, 11) is 0. The molecule has 42 heavy (non-hydrogen) atoms. The van der Waals surface area contributed by atoms with Crippen LogP contribution in [0.15, 0.2) is 66.7 Å². The van der Waals surface area contributed by atoms with Gasteiger partial charge >= 0.3 is 0 Å². The van der Waals surface area contributed by atoms with E-state index in [9.17, 15) is 24.8 Å². The molecule has 0 aliphatic carbocycles. The molecule has 220 valence electrons. The SMILES string of the molecule is CCCCCCCCCCCCNC(=O)c1ccc2cc(O)c(C(=O)Nc3ccc([N+](=O)[O-])c4ccccc34)cc2c1. The standard InChI is InChI=1S/C34H39N3O5/c1-2-3-4-5-6-7-8-9-10-13-20-35-33(39)25-17-16-24-23-32(38)29(22-26(24)21-25)34(40)36-30-18-19-31(37(41)42)28-15-12-11-14-27(28)30/h11-12,14-19,21-23,38H,2-10,13,20H2,1H3,(H,35,39)(H,36,40). The minimum absolute atomic E-state index is 0.0351. The summed E-state index contributed by atoms with van der Waals surface area (Å²) in [6.07, 6.45) is 12.3. The van der Waals surface area contributed by atoms with Gasteiger partial charge in [-0.05, 0) is 53.6 Å². The van der Waals surface area contributed by atoms with Crippen LogP contribution >= 0.6 is 0 Å². The first kappa shape index (κ1) is 30.5. The molecule has 4 aromatic rings. The summed E-state index contributed by atoms with van der Waals surface area (Å²) in [5.41, 5.74) is 0.845. The van der Waals surface area contributed by atoms with E-state index >= 15 is 0 Å². The maximum absolute atomic E-state index is 13.2. The lowest BCUT2D eigenvalue weighted by atomic mass is 10.0. The van der Waals surface area contributed by atoms with Crippen LogP contribution < -0.4 is 10.6 Å². The molecule has 0 fully saturated rings. The number of carbonyl (C=O) groups is 2. The lowest BCUT2D eigenvalue weighted by molar-refractivity contribution is -0.383. The first-order valence-corrected chi connectivity index (χ1v) is 14.9. The van der Waals surface area contributed by atoms with Gasteiger partial charge in [-0.1, -0.05) is 89.0 Å². The Balaban J connectivity index is 1.36. The second kappa shape index (κ2) is 15.0. The normalized spacial score (nSPS) is 11.1. The van der Waals surface area contributed by atoms with E-state index in [2.05, 4.69) is 17.6 Å². The van der Waals surface area contributed by atoms with E-state index in [1.807, 2.05) is 0 Å². The summed E-state index contributed by atoms with van der Waals surface area (Å²) in [6.45, 7) is 2.84. The fraction of sp³-hybridized carbons (Fsp3) is 0.353. The highest BCUT2D eigenvalue weighted by atomic mass is 16.6. The van der Waals surface area contributed by atoms with Crippen molar-refractivity contribution >= 4 is 44.7 Å². The van der Waals surface area contributed by atoms with E-state index in [4.69, 9.17) is 0 Å². The molecule has 8 nitrogen and oxygen atoms in total. The third-order valence-electron chi connectivity index (χ3n) is 7.62. The Kier molecular flexibility index (Phi) is 10.9. The first-order chi connectivity index (χ1) is 20.4. The number of benzene rings is 4. The molecule has 0 spiro atoms. The average molecular weight is 570 g/mol. The maximum atomic E-state index is 13.2. The van der Waals surface area contributed by atoms with Gasteiger partial charge in [-0.15, -0.1) is 0 Å². The van der Waals surface area contributed by atoms with Gasteiger partial charge in [0.1, 0.15) is 5.75 Å². The van der Waals surface area contributed by atoms with Gasteiger partial charge in [0, 0.05) is 29.2 Å². The lowest BCUT2D eigenvalue weighted by Gasteiger charge is -2.12. The highest BCUT2D eigenvalue weighted by molar-refractivity contribution is 6.13. The molecule has 0 unspecified atom stereocenters. The van der Waals surface area contributed by atoms with Crippen LogP contribution in [0.4, 0.5) is 11.4 Å². The van der Waals surface area contributed by atoms with Gasteiger partial charge in [0.25, 0.3) is 17.5 Å². The second-order valence-electron chi connectivity index (χ2n) is 10.8. The average Bonchev–Trinajstić information content (AvgIpc) is 2.99. The summed E-state index contributed by atoms with van der Waals surface area (Å²) >= 11 is 0. The highest BCUT2D eigenvalue weighted by Gasteiger charge is 2.18. The molecule has 0 radical (unpaired) electrons. The zero-order valence-corrected chi connectivity index (χ0v) is 24.2. The van der Waals surface area contributed by atoms with E-state index in [1.54, 1.807) is 48.5 Å². The number of non-ortho nitro benzene ring substituents is 1. The number of hydrogen-bond acceptors (Lipinski definition) is 5. The van der Waals surface area contributed by atoms with Crippen LogP contribution in [-0.2, 0) is 0 Å². The summed E-state index contributed by atoms with van der Waals surface area (Å²) < 4.78 is 0. The van der Waals surface area contributed by atoms with Crippen molar-refractivity contribution in [3.05, 3.63) is 88.0 Å². The quantitative estimate of drug-likeness (QED) is 0.0752. The number of carbonyl (C=O) groups excluding carboxylic acids is 2. The van der Waals surface area contributed by atoms with E-state index in [1.165, 1.54) is 69.6 Å². The zero-order valence-electron chi connectivity index (χ0n) is 24.2. The van der Waals surface area contributed by atoms with Crippen LogP contribution in [-0.4, -0.2) is 28.4 Å². The Morgan fingerprint density at radius 2 is 1.43 bits per heavy atom. The fourth-order valence-electron chi connectivity index (χ4n) is 5.27. The van der Waals surface area contributed by atoms with Crippen molar-refractivity contribution < 1.29 is 19.6 Å². The second-order valence-corrected chi connectivity index (χ2v) is 10.8. The molecule has 2 amide bonds. The Bertz CT molecular complexity index is 1570. The van der Waals surface area contributed by atoms with Gasteiger partial charge in [-0.25, -0.2) is 0 Å². The number of anilines is 1. The maximum Gasteiger partial charge on any atom is 0.277 e. The third-order valence-corrected chi connectivity index (χ3v) is 7.62. The number of hydrogen-bond donors (Lipinski definition) is 3. The van der Waals surface area contributed by atoms with E-state index in [0.29, 0.717) is 39.3 Å². The van der Waals surface area contributed by atoms with Gasteiger partial charge in [-0.2, -0.15) is 0 Å². The monoisotopic (exact) mass is 569 g/mol. The molecule has 0 aliphatic rings. The molecule has 0 saturated heterocycles. The van der Waals surface area contributed by atoms with Crippen LogP contribution in [0, 0.1) is 10.1 Å². The number of unbranched alkanes of at least 4 members (excludes halogenated alkanes) is 9. The predicted molar refractivity (Wildman–Crippen MR) is 168 cm³/mol. The topological polar surface area (TPSA) is 122 Å². The van der Waals surface area contributed by atoms with E-state index in [-0.39, 0.29) is 22.9 Å². The number of nitro benzene ring substituents is 1. The molecule has 0 bridgehead atoms. The van der Waals surface area contributed by atoms with Gasteiger partial charge in [0.15, 0.2) is 0 Å². The molecule has 0 aromatic heterocycles. The molecule has 0 aliphatic heterocycles. The van der Waals surface area contributed by atoms with Crippen LogP contribution in [0.2, 0.25) is 0 Å². The van der Waals surface area contributed by atoms with Crippen molar-refractivity contribution in [2.24, 2.45) is 0 Å². The molecule has 0 saturated carbocycles. The molecular formula is C34H39N3O5. The van der Waals surface area contributed by atoms with Crippen molar-refractivity contribution in [3.8, 4) is 5.75 Å². The van der Waals surface area contributed by atoms with Crippen LogP contribution in [0.25, 0.3) is 21.5 Å². The molecule has 4 rings (SSSR count). The minimum atomic E-state index is -0.566. The molecule has 4 aromatic carbocycles. The molecule has 0 atom stereocenters. The van der Waals surface area contributed by atoms with Crippen molar-refractivity contribution in [2.75, 3.05) is 11.9 Å². The van der Waals surface area contributed by atoms with Gasteiger partial charge in [0.05, 0.1) is 15.9 Å². The summed E-state index contributed by atoms with van der Waals surface area (Å²) in [5, 5.41) is 30.0. The van der Waals surface area contributed by atoms with Crippen molar-refractivity contribution in [1.82, 2.24) is 5.32 Å². The largest absolute Gasteiger partial charge is 0.507 e. The lowest BCUT2D eigenvalue weighted by Crippen LogP contribution is -2.24. The predicted octanol–water partition coefficient (Wildman–Crippen LogP) is 8.51. The number of aromatic hydroxyl groups is 1. The molecule has 3 N–H and O–H groups in total. The minimum Gasteiger partial charge on any atom is -0.507 e. The Labute approximate surface area is 246 Å². The Hall–Kier alpha value is -4.46. The van der Waals surface area contributed by atoms with Crippen LogP contribution in [0.5, 0.6) is 5.75 Å². The molecular weight excluding hydrogens is 530 g/mol. The van der Waals surface area contributed by atoms with Crippen molar-refractivity contribution in [2.45, 2.75) is 71.1 Å².